The Kier molecular flexibility index (Phi) is 6.37. The van der Waals surface area contributed by atoms with Gasteiger partial charge in [0.05, 0.1) is 23.5 Å². The third-order valence-electron chi connectivity index (χ3n) is 4.27. The van der Waals surface area contributed by atoms with Crippen molar-refractivity contribution in [2.75, 3.05) is 6.61 Å². The minimum absolute atomic E-state index is 0.0910. The van der Waals surface area contributed by atoms with Gasteiger partial charge in [-0.1, -0.05) is 12.1 Å². The van der Waals surface area contributed by atoms with Crippen LogP contribution in [-0.4, -0.2) is 12.5 Å². The third kappa shape index (κ3) is 4.68. The monoisotopic (exact) mass is 396 g/mol. The Bertz CT molecular complexity index is 1000. The molecule has 1 atom stereocenters. The van der Waals surface area contributed by atoms with Gasteiger partial charge in [0.2, 0.25) is 0 Å². The molecule has 0 bridgehead atoms. The van der Waals surface area contributed by atoms with Crippen molar-refractivity contribution in [2.24, 2.45) is 0 Å². The molecule has 7 heteroatoms. The molecule has 0 aliphatic rings. The number of halogens is 2. The molecule has 148 valence electrons. The lowest BCUT2D eigenvalue weighted by molar-refractivity contribution is -0.133. The number of ether oxygens (including phenoxy) is 1. The number of furan rings is 1. The number of nitrogens with zero attached hydrogens (tertiary/aromatic N) is 1. The molecule has 1 unspecified atom stereocenters. The molecule has 29 heavy (non-hydrogen) atoms. The topological polar surface area (TPSA) is 75.3 Å². The summed E-state index contributed by atoms with van der Waals surface area (Å²) in [6, 6.07) is 14.0. The molecule has 1 aromatic heterocycles. The quantitative estimate of drug-likeness (QED) is 0.638. The highest BCUT2D eigenvalue weighted by molar-refractivity contribution is 5.82. The lowest BCUT2D eigenvalue weighted by Crippen LogP contribution is -2.31. The van der Waals surface area contributed by atoms with E-state index in [9.17, 15) is 13.6 Å². The standard InChI is InChI=1S/C22H18F2N2O3/c1-2-28-21(22(27)26-13-15-7-5-14(12-25)6-8-15)20-17(23)10-16(11-18(20)24)19-4-3-9-29-19/h3-11,21H,2,13H2,1H3,(H,26,27). The molecule has 5 nitrogen and oxygen atoms in total. The van der Waals surface area contributed by atoms with Crippen molar-refractivity contribution in [2.45, 2.75) is 19.6 Å². The summed E-state index contributed by atoms with van der Waals surface area (Å²) < 4.78 is 39.9. The number of hydrogen-bond donors (Lipinski definition) is 1. The molecule has 0 aliphatic heterocycles. The summed E-state index contributed by atoms with van der Waals surface area (Å²) in [5, 5.41) is 11.4. The predicted molar refractivity (Wildman–Crippen MR) is 101 cm³/mol. The Morgan fingerprint density at radius 1 is 1.21 bits per heavy atom. The summed E-state index contributed by atoms with van der Waals surface area (Å²) in [5.41, 5.74) is 0.997. The zero-order valence-electron chi connectivity index (χ0n) is 15.6. The van der Waals surface area contributed by atoms with Crippen molar-refractivity contribution in [1.29, 1.82) is 5.26 Å². The maximum Gasteiger partial charge on any atom is 0.254 e. The second-order valence-corrected chi connectivity index (χ2v) is 6.19. The molecule has 2 aromatic carbocycles. The van der Waals surface area contributed by atoms with Gasteiger partial charge >= 0.3 is 0 Å². The van der Waals surface area contributed by atoms with Crippen molar-refractivity contribution in [3.05, 3.63) is 83.1 Å². The van der Waals surface area contributed by atoms with Gasteiger partial charge in [0.15, 0.2) is 6.10 Å². The number of amides is 1. The molecular formula is C22H18F2N2O3. The smallest absolute Gasteiger partial charge is 0.254 e. The summed E-state index contributed by atoms with van der Waals surface area (Å²) in [6.07, 6.45) is -0.0393. The number of nitrogens with one attached hydrogen (secondary N) is 1. The maximum atomic E-state index is 14.7. The van der Waals surface area contributed by atoms with Gasteiger partial charge in [-0.15, -0.1) is 0 Å². The average molecular weight is 396 g/mol. The highest BCUT2D eigenvalue weighted by Gasteiger charge is 2.28. The van der Waals surface area contributed by atoms with Crippen LogP contribution >= 0.6 is 0 Å². The molecule has 0 saturated heterocycles. The maximum absolute atomic E-state index is 14.7. The molecule has 0 radical (unpaired) electrons. The first-order chi connectivity index (χ1) is 14.0. The van der Waals surface area contributed by atoms with E-state index < -0.39 is 29.2 Å². The van der Waals surface area contributed by atoms with Crippen LogP contribution in [0.15, 0.2) is 59.2 Å². The van der Waals surface area contributed by atoms with Crippen LogP contribution in [0, 0.1) is 23.0 Å². The van der Waals surface area contributed by atoms with Crippen molar-refractivity contribution < 1.29 is 22.7 Å². The van der Waals surface area contributed by atoms with Crippen molar-refractivity contribution in [3.63, 3.8) is 0 Å². The van der Waals surface area contributed by atoms with Crippen LogP contribution in [-0.2, 0) is 16.1 Å². The average Bonchev–Trinajstić information content (AvgIpc) is 3.26. The van der Waals surface area contributed by atoms with Gasteiger partial charge in [-0.25, -0.2) is 8.78 Å². The fourth-order valence-corrected chi connectivity index (χ4v) is 2.86. The van der Waals surface area contributed by atoms with Gasteiger partial charge < -0.3 is 14.5 Å². The minimum Gasteiger partial charge on any atom is -0.464 e. The minimum atomic E-state index is -1.44. The summed E-state index contributed by atoms with van der Waals surface area (Å²) in [4.78, 5) is 12.6. The van der Waals surface area contributed by atoms with Crippen LogP contribution in [0.5, 0.6) is 0 Å². The Morgan fingerprint density at radius 3 is 2.45 bits per heavy atom. The molecule has 1 amide bonds. The van der Waals surface area contributed by atoms with E-state index in [2.05, 4.69) is 5.32 Å². The van der Waals surface area contributed by atoms with E-state index in [4.69, 9.17) is 14.4 Å². The SMILES string of the molecule is CCOC(C(=O)NCc1ccc(C#N)cc1)c1c(F)cc(-c2ccco2)cc1F. The predicted octanol–water partition coefficient (Wildman–Crippen LogP) is 4.49. The second kappa shape index (κ2) is 9.13. The van der Waals surface area contributed by atoms with Crippen LogP contribution in [0.25, 0.3) is 11.3 Å². The van der Waals surface area contributed by atoms with E-state index in [0.29, 0.717) is 11.3 Å². The van der Waals surface area contributed by atoms with Crippen LogP contribution in [0.3, 0.4) is 0 Å². The molecule has 0 saturated carbocycles. The van der Waals surface area contributed by atoms with E-state index >= 15 is 0 Å². The van der Waals surface area contributed by atoms with Crippen LogP contribution in [0.1, 0.15) is 29.7 Å². The van der Waals surface area contributed by atoms with Crippen LogP contribution < -0.4 is 5.32 Å². The number of rotatable bonds is 7. The van der Waals surface area contributed by atoms with Gasteiger partial charge in [0.25, 0.3) is 5.91 Å². The Hall–Kier alpha value is -3.50. The first kappa shape index (κ1) is 20.2. The largest absolute Gasteiger partial charge is 0.464 e. The number of hydrogen-bond acceptors (Lipinski definition) is 4. The van der Waals surface area contributed by atoms with Crippen molar-refractivity contribution in [3.8, 4) is 17.4 Å². The van der Waals surface area contributed by atoms with E-state index in [-0.39, 0.29) is 18.7 Å². The Morgan fingerprint density at radius 2 is 1.90 bits per heavy atom. The van der Waals surface area contributed by atoms with Gasteiger partial charge in [-0.2, -0.15) is 5.26 Å². The molecule has 3 rings (SSSR count). The molecule has 0 aliphatic carbocycles. The molecule has 0 spiro atoms. The third-order valence-corrected chi connectivity index (χ3v) is 4.27. The lowest BCUT2D eigenvalue weighted by atomic mass is 10.0. The van der Waals surface area contributed by atoms with E-state index in [1.807, 2.05) is 6.07 Å². The van der Waals surface area contributed by atoms with Crippen LogP contribution in [0.4, 0.5) is 8.78 Å². The normalized spacial score (nSPS) is 11.7. The highest BCUT2D eigenvalue weighted by atomic mass is 19.1. The Balaban J connectivity index is 1.81. The summed E-state index contributed by atoms with van der Waals surface area (Å²) >= 11 is 0. The molecule has 0 fully saturated rings. The summed E-state index contributed by atoms with van der Waals surface area (Å²) in [7, 11) is 0. The number of carbonyl (C=O) groups is 1. The zero-order chi connectivity index (χ0) is 20.8. The molecular weight excluding hydrogens is 378 g/mol. The highest BCUT2D eigenvalue weighted by Crippen LogP contribution is 2.30. The molecule has 1 N–H and O–H groups in total. The summed E-state index contributed by atoms with van der Waals surface area (Å²) in [5.74, 6) is -2.15. The second-order valence-electron chi connectivity index (χ2n) is 6.19. The first-order valence-corrected chi connectivity index (χ1v) is 8.94. The lowest BCUT2D eigenvalue weighted by Gasteiger charge is -2.19. The van der Waals surface area contributed by atoms with Crippen molar-refractivity contribution in [1.82, 2.24) is 5.32 Å². The number of nitriles is 1. The van der Waals surface area contributed by atoms with Gasteiger partial charge in [0.1, 0.15) is 17.4 Å². The molecule has 3 aromatic rings. The van der Waals surface area contributed by atoms with E-state index in [1.54, 1.807) is 43.3 Å². The number of carbonyl (C=O) groups excluding carboxylic acids is 1. The molecule has 1 heterocycles. The summed E-state index contributed by atoms with van der Waals surface area (Å²) in [6.45, 7) is 1.85. The van der Waals surface area contributed by atoms with Gasteiger partial charge in [-0.3, -0.25) is 4.79 Å². The van der Waals surface area contributed by atoms with Crippen LogP contribution in [0.2, 0.25) is 0 Å². The van der Waals surface area contributed by atoms with E-state index in [0.717, 1.165) is 17.7 Å². The van der Waals surface area contributed by atoms with Gasteiger partial charge in [0, 0.05) is 18.7 Å². The first-order valence-electron chi connectivity index (χ1n) is 8.94. The van der Waals surface area contributed by atoms with E-state index in [1.165, 1.54) is 6.26 Å². The van der Waals surface area contributed by atoms with Crippen molar-refractivity contribution >= 4 is 5.91 Å². The van der Waals surface area contributed by atoms with Gasteiger partial charge in [-0.05, 0) is 48.9 Å². The number of benzene rings is 2. The fourth-order valence-electron chi connectivity index (χ4n) is 2.86. The fraction of sp³-hybridized carbons (Fsp3) is 0.182. The Labute approximate surface area is 166 Å². The zero-order valence-corrected chi connectivity index (χ0v) is 15.6.